The number of benzene rings is 1. The van der Waals surface area contributed by atoms with Crippen LogP contribution in [0.25, 0.3) is 11.3 Å². The predicted octanol–water partition coefficient (Wildman–Crippen LogP) is 4.70. The van der Waals surface area contributed by atoms with E-state index in [1.807, 2.05) is 25.1 Å². The molecule has 0 saturated heterocycles. The van der Waals surface area contributed by atoms with Gasteiger partial charge in [-0.2, -0.15) is 0 Å². The summed E-state index contributed by atoms with van der Waals surface area (Å²) in [5.74, 6) is 1.30. The van der Waals surface area contributed by atoms with Crippen LogP contribution in [-0.4, -0.2) is 21.2 Å². The first kappa shape index (κ1) is 18.2. The Bertz CT molecular complexity index is 1140. The van der Waals surface area contributed by atoms with E-state index in [1.54, 1.807) is 37.6 Å². The van der Waals surface area contributed by atoms with E-state index in [0.29, 0.717) is 23.2 Å². The molecule has 0 fully saturated rings. The van der Waals surface area contributed by atoms with Crippen LogP contribution in [0.3, 0.4) is 0 Å². The quantitative estimate of drug-likeness (QED) is 0.503. The Balaban J connectivity index is 1.47. The van der Waals surface area contributed by atoms with Crippen LogP contribution in [0.5, 0.6) is 5.75 Å². The highest BCUT2D eigenvalue weighted by Crippen LogP contribution is 2.27. The standard InChI is InChI=1S/C20H17N5O4/c1-12-3-4-15(24-20(26)28-17-11-23-29-13(17)2)9-16(12)25-19-22-10-18(27-19)14-5-7-21-8-6-14/h3-11H,1-2H3,(H,22,25)(H,24,26). The van der Waals surface area contributed by atoms with E-state index >= 15 is 0 Å². The molecule has 0 aliphatic rings. The van der Waals surface area contributed by atoms with Crippen LogP contribution in [0.4, 0.5) is 22.2 Å². The Hall–Kier alpha value is -4.14. The van der Waals surface area contributed by atoms with Gasteiger partial charge in [-0.05, 0) is 36.8 Å². The summed E-state index contributed by atoms with van der Waals surface area (Å²) in [4.78, 5) is 20.3. The Morgan fingerprint density at radius 2 is 1.93 bits per heavy atom. The third kappa shape index (κ3) is 4.24. The monoisotopic (exact) mass is 391 g/mol. The fraction of sp³-hybridized carbons (Fsp3) is 0.100. The zero-order chi connectivity index (χ0) is 20.2. The van der Waals surface area contributed by atoms with Crippen LogP contribution in [0.1, 0.15) is 11.3 Å². The number of anilines is 3. The average Bonchev–Trinajstić information content (AvgIpc) is 3.34. The van der Waals surface area contributed by atoms with Crippen molar-refractivity contribution < 1.29 is 18.5 Å². The zero-order valence-electron chi connectivity index (χ0n) is 15.7. The van der Waals surface area contributed by atoms with Crippen LogP contribution < -0.4 is 15.4 Å². The molecular formula is C20H17N5O4. The Morgan fingerprint density at radius 3 is 2.69 bits per heavy atom. The molecule has 0 aliphatic carbocycles. The first-order chi connectivity index (χ1) is 14.1. The highest BCUT2D eigenvalue weighted by molar-refractivity contribution is 5.87. The van der Waals surface area contributed by atoms with Gasteiger partial charge in [0.15, 0.2) is 17.3 Å². The summed E-state index contributed by atoms with van der Waals surface area (Å²) in [7, 11) is 0. The molecule has 0 spiro atoms. The van der Waals surface area contributed by atoms with E-state index in [1.165, 1.54) is 6.20 Å². The lowest BCUT2D eigenvalue weighted by molar-refractivity contribution is 0.214. The second-order valence-electron chi connectivity index (χ2n) is 6.18. The number of rotatable bonds is 5. The van der Waals surface area contributed by atoms with Crippen LogP contribution in [0.2, 0.25) is 0 Å². The lowest BCUT2D eigenvalue weighted by atomic mass is 10.2. The number of nitrogens with one attached hydrogen (secondary N) is 2. The van der Waals surface area contributed by atoms with Crippen molar-refractivity contribution >= 4 is 23.5 Å². The molecule has 3 aromatic heterocycles. The molecule has 4 rings (SSSR count). The van der Waals surface area contributed by atoms with Crippen LogP contribution in [-0.2, 0) is 0 Å². The summed E-state index contributed by atoms with van der Waals surface area (Å²) < 4.78 is 15.8. The van der Waals surface area contributed by atoms with Gasteiger partial charge in [-0.25, -0.2) is 9.78 Å². The molecule has 29 heavy (non-hydrogen) atoms. The van der Waals surface area contributed by atoms with Crippen molar-refractivity contribution in [1.82, 2.24) is 15.1 Å². The van der Waals surface area contributed by atoms with Gasteiger partial charge in [0.1, 0.15) is 6.20 Å². The van der Waals surface area contributed by atoms with Gasteiger partial charge in [0.05, 0.1) is 6.20 Å². The molecule has 146 valence electrons. The minimum Gasteiger partial charge on any atom is -0.423 e. The molecule has 9 heteroatoms. The number of amides is 1. The zero-order valence-corrected chi connectivity index (χ0v) is 15.7. The van der Waals surface area contributed by atoms with Crippen molar-refractivity contribution in [3.63, 3.8) is 0 Å². The van der Waals surface area contributed by atoms with Crippen molar-refractivity contribution in [2.75, 3.05) is 10.6 Å². The van der Waals surface area contributed by atoms with E-state index in [-0.39, 0.29) is 5.75 Å². The van der Waals surface area contributed by atoms with Gasteiger partial charge < -0.3 is 19.0 Å². The number of oxazole rings is 1. The van der Waals surface area contributed by atoms with Crippen molar-refractivity contribution in [2.45, 2.75) is 13.8 Å². The van der Waals surface area contributed by atoms with Gasteiger partial charge in [-0.15, -0.1) is 0 Å². The third-order valence-electron chi connectivity index (χ3n) is 4.11. The van der Waals surface area contributed by atoms with Gasteiger partial charge in [-0.3, -0.25) is 10.3 Å². The molecular weight excluding hydrogens is 374 g/mol. The topological polar surface area (TPSA) is 115 Å². The fourth-order valence-corrected chi connectivity index (χ4v) is 2.56. The van der Waals surface area contributed by atoms with Gasteiger partial charge in [0.2, 0.25) is 0 Å². The van der Waals surface area contributed by atoms with Crippen LogP contribution >= 0.6 is 0 Å². The largest absolute Gasteiger partial charge is 0.423 e. The van der Waals surface area contributed by atoms with Crippen molar-refractivity contribution in [3.05, 3.63) is 66.4 Å². The lowest BCUT2D eigenvalue weighted by Crippen LogP contribution is -2.17. The Labute approximate surface area is 165 Å². The number of aromatic nitrogens is 3. The molecule has 0 radical (unpaired) electrons. The van der Waals surface area contributed by atoms with Gasteiger partial charge in [0, 0.05) is 36.3 Å². The number of carbonyl (C=O) groups is 1. The Morgan fingerprint density at radius 1 is 1.10 bits per heavy atom. The number of nitrogens with zero attached hydrogens (tertiary/aromatic N) is 3. The van der Waals surface area contributed by atoms with E-state index in [2.05, 4.69) is 25.8 Å². The fourth-order valence-electron chi connectivity index (χ4n) is 2.56. The summed E-state index contributed by atoms with van der Waals surface area (Å²) in [6, 6.07) is 9.38. The van der Waals surface area contributed by atoms with Gasteiger partial charge >= 0.3 is 6.09 Å². The van der Waals surface area contributed by atoms with E-state index in [4.69, 9.17) is 13.7 Å². The van der Waals surface area contributed by atoms with E-state index in [0.717, 1.165) is 16.8 Å². The molecule has 0 unspecified atom stereocenters. The molecule has 9 nitrogen and oxygen atoms in total. The number of aryl methyl sites for hydroxylation is 2. The minimum absolute atomic E-state index is 0.261. The molecule has 2 N–H and O–H groups in total. The second kappa shape index (κ2) is 7.85. The molecule has 4 aromatic rings. The number of hydrogen-bond acceptors (Lipinski definition) is 8. The molecule has 0 aliphatic heterocycles. The first-order valence-electron chi connectivity index (χ1n) is 8.72. The molecule has 0 atom stereocenters. The van der Waals surface area contributed by atoms with Gasteiger partial charge in [-0.1, -0.05) is 11.2 Å². The van der Waals surface area contributed by atoms with Crippen molar-refractivity contribution in [2.24, 2.45) is 0 Å². The van der Waals surface area contributed by atoms with Gasteiger partial charge in [0.25, 0.3) is 6.01 Å². The SMILES string of the molecule is Cc1ccc(NC(=O)Oc2cnoc2C)cc1Nc1ncc(-c2ccncc2)o1. The van der Waals surface area contributed by atoms with Crippen molar-refractivity contribution in [1.29, 1.82) is 0 Å². The van der Waals surface area contributed by atoms with Crippen molar-refractivity contribution in [3.8, 4) is 17.1 Å². The van der Waals surface area contributed by atoms with E-state index in [9.17, 15) is 4.79 Å². The maximum atomic E-state index is 12.1. The van der Waals surface area contributed by atoms with Crippen LogP contribution in [0, 0.1) is 13.8 Å². The summed E-state index contributed by atoms with van der Waals surface area (Å²) in [6.07, 6.45) is 5.69. The first-order valence-corrected chi connectivity index (χ1v) is 8.72. The number of carbonyl (C=O) groups excluding carboxylic acids is 1. The average molecular weight is 391 g/mol. The highest BCUT2D eigenvalue weighted by Gasteiger charge is 2.12. The Kier molecular flexibility index (Phi) is 4.93. The highest BCUT2D eigenvalue weighted by atomic mass is 16.6. The normalized spacial score (nSPS) is 10.6. The summed E-state index contributed by atoms with van der Waals surface area (Å²) in [5, 5.41) is 9.35. The summed E-state index contributed by atoms with van der Waals surface area (Å²) in [6.45, 7) is 3.58. The number of hydrogen-bond donors (Lipinski definition) is 2. The van der Waals surface area contributed by atoms with Crippen LogP contribution in [0.15, 0.2) is 64.1 Å². The summed E-state index contributed by atoms with van der Waals surface area (Å²) in [5.41, 5.74) is 3.09. The minimum atomic E-state index is -0.651. The predicted molar refractivity (Wildman–Crippen MR) is 105 cm³/mol. The molecule has 1 aromatic carbocycles. The summed E-state index contributed by atoms with van der Waals surface area (Å²) >= 11 is 0. The molecule has 0 saturated carbocycles. The maximum absolute atomic E-state index is 12.1. The second-order valence-corrected chi connectivity index (χ2v) is 6.18. The molecule has 1 amide bonds. The molecule has 3 heterocycles. The lowest BCUT2D eigenvalue weighted by Gasteiger charge is -2.10. The molecule has 0 bridgehead atoms. The third-order valence-corrected chi connectivity index (χ3v) is 4.11. The maximum Gasteiger partial charge on any atom is 0.417 e. The smallest absolute Gasteiger partial charge is 0.417 e. The number of ether oxygens (including phenoxy) is 1. The van der Waals surface area contributed by atoms with E-state index < -0.39 is 6.09 Å². The number of pyridine rings is 1.